The maximum atomic E-state index is 12.7. The molecule has 5 heteroatoms. The van der Waals surface area contributed by atoms with Crippen LogP contribution in [0.4, 0.5) is 0 Å². The topological polar surface area (TPSA) is 45.7 Å². The largest absolute Gasteiger partial charge is 0.375 e. The van der Waals surface area contributed by atoms with Gasteiger partial charge < -0.3 is 9.64 Å². The second-order valence-corrected chi connectivity index (χ2v) is 8.09. The molecular weight excluding hydrogens is 350 g/mol. The minimum atomic E-state index is -0.0885. The molecule has 3 heterocycles. The van der Waals surface area contributed by atoms with Crippen LogP contribution in [0.2, 0.25) is 0 Å². The molecule has 2 aromatic rings. The number of carbonyl (C=O) groups is 1. The summed E-state index contributed by atoms with van der Waals surface area (Å²) in [6, 6.07) is 16.7. The Kier molecular flexibility index (Phi) is 5.74. The Hall–Kier alpha value is -2.24. The van der Waals surface area contributed by atoms with Gasteiger partial charge in [-0.15, -0.1) is 0 Å². The van der Waals surface area contributed by atoms with Crippen molar-refractivity contribution in [2.75, 3.05) is 26.7 Å². The summed E-state index contributed by atoms with van der Waals surface area (Å²) in [4.78, 5) is 21.3. The van der Waals surface area contributed by atoms with Gasteiger partial charge in [0, 0.05) is 38.5 Å². The van der Waals surface area contributed by atoms with Crippen LogP contribution in [0.1, 0.15) is 41.7 Å². The van der Waals surface area contributed by atoms with E-state index in [4.69, 9.17) is 4.74 Å². The SMILES string of the molecule is CN(Cc1ccccc1)C1CCOC2(CCN(C(=O)c3ccccn3)CC2)C1. The smallest absolute Gasteiger partial charge is 0.272 e. The van der Waals surface area contributed by atoms with Crippen LogP contribution in [0.3, 0.4) is 0 Å². The summed E-state index contributed by atoms with van der Waals surface area (Å²) in [5.74, 6) is 0.0315. The summed E-state index contributed by atoms with van der Waals surface area (Å²) in [6.45, 7) is 3.25. The molecule has 0 aliphatic carbocycles. The molecular formula is C23H29N3O2. The molecule has 0 bridgehead atoms. The molecule has 1 spiro atoms. The molecule has 1 amide bonds. The van der Waals surface area contributed by atoms with E-state index in [1.807, 2.05) is 17.0 Å². The molecule has 1 atom stereocenters. The van der Waals surface area contributed by atoms with Crippen LogP contribution in [0.5, 0.6) is 0 Å². The van der Waals surface area contributed by atoms with Gasteiger partial charge in [-0.1, -0.05) is 36.4 Å². The lowest BCUT2D eigenvalue weighted by Crippen LogP contribution is -2.54. The molecule has 5 nitrogen and oxygen atoms in total. The number of hydrogen-bond acceptors (Lipinski definition) is 4. The van der Waals surface area contributed by atoms with Crippen molar-refractivity contribution in [3.05, 3.63) is 66.0 Å². The van der Waals surface area contributed by atoms with Crippen molar-refractivity contribution in [1.82, 2.24) is 14.8 Å². The third-order valence-corrected chi connectivity index (χ3v) is 6.21. The van der Waals surface area contributed by atoms with Gasteiger partial charge in [0.15, 0.2) is 0 Å². The number of benzene rings is 1. The molecule has 1 aromatic heterocycles. The summed E-state index contributed by atoms with van der Waals surface area (Å²) < 4.78 is 6.29. The first-order valence-electron chi connectivity index (χ1n) is 10.2. The highest BCUT2D eigenvalue weighted by Gasteiger charge is 2.42. The second kappa shape index (κ2) is 8.41. The monoisotopic (exact) mass is 379 g/mol. The number of piperidine rings is 1. The van der Waals surface area contributed by atoms with Crippen molar-refractivity contribution in [1.29, 1.82) is 0 Å². The average Bonchev–Trinajstić information content (AvgIpc) is 2.75. The maximum absolute atomic E-state index is 12.7. The van der Waals surface area contributed by atoms with E-state index in [0.29, 0.717) is 11.7 Å². The first-order chi connectivity index (χ1) is 13.7. The highest BCUT2D eigenvalue weighted by atomic mass is 16.5. The predicted octanol–water partition coefficient (Wildman–Crippen LogP) is 3.37. The highest BCUT2D eigenvalue weighted by molar-refractivity contribution is 5.92. The Labute approximate surface area is 167 Å². The highest BCUT2D eigenvalue weighted by Crippen LogP contribution is 2.37. The van der Waals surface area contributed by atoms with Crippen molar-refractivity contribution in [2.24, 2.45) is 0 Å². The van der Waals surface area contributed by atoms with E-state index >= 15 is 0 Å². The van der Waals surface area contributed by atoms with E-state index < -0.39 is 0 Å². The van der Waals surface area contributed by atoms with Crippen LogP contribution in [0.25, 0.3) is 0 Å². The number of rotatable bonds is 4. The summed E-state index contributed by atoms with van der Waals surface area (Å²) in [5.41, 5.74) is 1.79. The Morgan fingerprint density at radius 2 is 1.93 bits per heavy atom. The molecule has 4 rings (SSSR count). The fourth-order valence-electron chi connectivity index (χ4n) is 4.50. The zero-order valence-electron chi connectivity index (χ0n) is 16.6. The van der Waals surface area contributed by atoms with Gasteiger partial charge in [0.25, 0.3) is 5.91 Å². The molecule has 0 N–H and O–H groups in total. The second-order valence-electron chi connectivity index (χ2n) is 8.09. The normalized spacial score (nSPS) is 21.8. The van der Waals surface area contributed by atoms with E-state index in [1.165, 1.54) is 5.56 Å². The van der Waals surface area contributed by atoms with Gasteiger partial charge in [0.1, 0.15) is 5.69 Å². The summed E-state index contributed by atoms with van der Waals surface area (Å²) in [5, 5.41) is 0. The Balaban J connectivity index is 1.35. The van der Waals surface area contributed by atoms with Crippen LogP contribution in [-0.4, -0.2) is 59.1 Å². The van der Waals surface area contributed by atoms with E-state index in [9.17, 15) is 4.79 Å². The van der Waals surface area contributed by atoms with Gasteiger partial charge >= 0.3 is 0 Å². The van der Waals surface area contributed by atoms with E-state index in [2.05, 4.69) is 47.3 Å². The first kappa shape index (κ1) is 19.1. The van der Waals surface area contributed by atoms with Crippen molar-refractivity contribution in [3.63, 3.8) is 0 Å². The molecule has 2 fully saturated rings. The van der Waals surface area contributed by atoms with Crippen LogP contribution in [0.15, 0.2) is 54.7 Å². The zero-order valence-corrected chi connectivity index (χ0v) is 16.6. The fourth-order valence-corrected chi connectivity index (χ4v) is 4.50. The third-order valence-electron chi connectivity index (χ3n) is 6.21. The lowest BCUT2D eigenvalue weighted by atomic mass is 9.81. The van der Waals surface area contributed by atoms with Gasteiger partial charge in [-0.25, -0.2) is 0 Å². The molecule has 0 saturated carbocycles. The summed E-state index contributed by atoms with van der Waals surface area (Å²) in [7, 11) is 2.22. The Morgan fingerprint density at radius 1 is 1.18 bits per heavy atom. The van der Waals surface area contributed by atoms with E-state index in [1.54, 1.807) is 12.3 Å². The van der Waals surface area contributed by atoms with E-state index in [0.717, 1.165) is 51.9 Å². The van der Waals surface area contributed by atoms with E-state index in [-0.39, 0.29) is 11.5 Å². The number of aromatic nitrogens is 1. The minimum absolute atomic E-state index is 0.0315. The van der Waals surface area contributed by atoms with Crippen LogP contribution >= 0.6 is 0 Å². The zero-order chi connectivity index (χ0) is 19.4. The van der Waals surface area contributed by atoms with Crippen LogP contribution in [-0.2, 0) is 11.3 Å². The van der Waals surface area contributed by atoms with Crippen LogP contribution < -0.4 is 0 Å². The van der Waals surface area contributed by atoms with Gasteiger partial charge in [0.05, 0.1) is 5.60 Å². The third kappa shape index (κ3) is 4.26. The molecule has 1 aromatic carbocycles. The number of carbonyl (C=O) groups excluding carboxylic acids is 1. The van der Waals surface area contributed by atoms with Gasteiger partial charge in [-0.2, -0.15) is 0 Å². The number of likely N-dealkylation sites (tertiary alicyclic amines) is 1. The van der Waals surface area contributed by atoms with Gasteiger partial charge in [-0.05, 0) is 50.4 Å². The number of ether oxygens (including phenoxy) is 1. The first-order valence-corrected chi connectivity index (χ1v) is 10.2. The average molecular weight is 380 g/mol. The molecule has 148 valence electrons. The summed E-state index contributed by atoms with van der Waals surface area (Å²) >= 11 is 0. The summed E-state index contributed by atoms with van der Waals surface area (Å²) in [6.07, 6.45) is 5.60. The molecule has 2 aliphatic rings. The number of pyridine rings is 1. The quantitative estimate of drug-likeness (QED) is 0.817. The molecule has 2 aliphatic heterocycles. The minimum Gasteiger partial charge on any atom is -0.375 e. The van der Waals surface area contributed by atoms with Gasteiger partial charge in [0.2, 0.25) is 0 Å². The molecule has 2 saturated heterocycles. The maximum Gasteiger partial charge on any atom is 0.272 e. The Morgan fingerprint density at radius 3 is 2.64 bits per heavy atom. The van der Waals surface area contributed by atoms with Crippen molar-refractivity contribution >= 4 is 5.91 Å². The molecule has 28 heavy (non-hydrogen) atoms. The molecule has 0 radical (unpaired) electrons. The van der Waals surface area contributed by atoms with Crippen molar-refractivity contribution in [3.8, 4) is 0 Å². The molecule has 1 unspecified atom stereocenters. The van der Waals surface area contributed by atoms with Crippen molar-refractivity contribution < 1.29 is 9.53 Å². The Bertz CT molecular complexity index is 773. The predicted molar refractivity (Wildman–Crippen MR) is 109 cm³/mol. The lowest BCUT2D eigenvalue weighted by molar-refractivity contribution is -0.128. The lowest BCUT2D eigenvalue weighted by Gasteiger charge is -2.48. The number of amides is 1. The van der Waals surface area contributed by atoms with Gasteiger partial charge in [-0.3, -0.25) is 14.7 Å². The van der Waals surface area contributed by atoms with Crippen molar-refractivity contribution in [2.45, 2.75) is 43.9 Å². The van der Waals surface area contributed by atoms with Crippen LogP contribution in [0, 0.1) is 0 Å². The number of hydrogen-bond donors (Lipinski definition) is 0. The number of nitrogens with zero attached hydrogens (tertiary/aromatic N) is 3. The fraction of sp³-hybridized carbons (Fsp3) is 0.478. The standard InChI is InChI=1S/C23H29N3O2/c1-25(18-19-7-3-2-4-8-19)20-10-16-28-23(17-20)11-14-26(15-12-23)22(27)21-9-5-6-13-24-21/h2-9,13,20H,10-12,14-18H2,1H3.